The molecule has 0 fully saturated rings. The minimum atomic E-state index is -3.54. The summed E-state index contributed by atoms with van der Waals surface area (Å²) in [7, 11) is -3.54. The molecule has 0 saturated carbocycles. The molecule has 1 amide bonds. The lowest BCUT2D eigenvalue weighted by atomic mass is 10.2. The number of halogens is 1. The molecule has 150 valence electrons. The lowest BCUT2D eigenvalue weighted by Crippen LogP contribution is -2.18. The maximum atomic E-state index is 12.9. The number of anilines is 1. The lowest BCUT2D eigenvalue weighted by molar-refractivity contribution is -0.115. The van der Waals surface area contributed by atoms with E-state index in [0.717, 1.165) is 0 Å². The zero-order chi connectivity index (χ0) is 20.7. The number of hydrogen-bond donors (Lipinski definition) is 1. The fourth-order valence-electron chi connectivity index (χ4n) is 2.65. The monoisotopic (exact) mass is 413 g/mol. The van der Waals surface area contributed by atoms with Gasteiger partial charge in [0.15, 0.2) is 9.84 Å². The molecule has 29 heavy (non-hydrogen) atoms. The molecule has 3 aromatic rings. The molecule has 0 saturated heterocycles. The van der Waals surface area contributed by atoms with Gasteiger partial charge in [0, 0.05) is 17.7 Å². The normalized spacial score (nSPS) is 11.1. The van der Waals surface area contributed by atoms with Crippen LogP contribution in [0.3, 0.4) is 0 Å². The van der Waals surface area contributed by atoms with Crippen molar-refractivity contribution >= 4 is 21.4 Å². The molecule has 3 rings (SSSR count). The van der Waals surface area contributed by atoms with E-state index in [4.69, 9.17) is 4.74 Å². The number of carbonyl (C=O) groups is 1. The molecular formula is C22H20FNO4S. The Morgan fingerprint density at radius 1 is 0.897 bits per heavy atom. The van der Waals surface area contributed by atoms with E-state index in [9.17, 15) is 17.6 Å². The highest BCUT2D eigenvalue weighted by Crippen LogP contribution is 2.26. The van der Waals surface area contributed by atoms with Crippen LogP contribution in [0.5, 0.6) is 11.5 Å². The summed E-state index contributed by atoms with van der Waals surface area (Å²) in [6, 6.07) is 21.3. The average molecular weight is 413 g/mol. The van der Waals surface area contributed by atoms with Crippen molar-refractivity contribution in [1.82, 2.24) is 0 Å². The summed E-state index contributed by atoms with van der Waals surface area (Å²) in [5.41, 5.74) is 0.936. The largest absolute Gasteiger partial charge is 0.457 e. The average Bonchev–Trinajstić information content (AvgIpc) is 2.70. The second-order valence-electron chi connectivity index (χ2n) is 6.42. The van der Waals surface area contributed by atoms with Crippen LogP contribution in [0, 0.1) is 5.82 Å². The van der Waals surface area contributed by atoms with Crippen molar-refractivity contribution in [3.8, 4) is 11.5 Å². The summed E-state index contributed by atoms with van der Waals surface area (Å²) < 4.78 is 43.7. The van der Waals surface area contributed by atoms with Gasteiger partial charge in [-0.1, -0.05) is 36.4 Å². The zero-order valence-corrected chi connectivity index (χ0v) is 16.4. The fourth-order valence-corrected chi connectivity index (χ4v) is 4.01. The van der Waals surface area contributed by atoms with Crippen molar-refractivity contribution in [2.24, 2.45) is 0 Å². The number of hydrogen-bond acceptors (Lipinski definition) is 4. The van der Waals surface area contributed by atoms with E-state index in [-0.39, 0.29) is 17.9 Å². The number of rotatable bonds is 8. The predicted molar refractivity (Wildman–Crippen MR) is 110 cm³/mol. The second kappa shape index (κ2) is 9.34. The van der Waals surface area contributed by atoms with Gasteiger partial charge >= 0.3 is 0 Å². The number of nitrogens with one attached hydrogen (secondary N) is 1. The molecule has 0 aliphatic carbocycles. The Morgan fingerprint density at radius 3 is 2.28 bits per heavy atom. The molecule has 0 aliphatic heterocycles. The van der Waals surface area contributed by atoms with E-state index in [1.807, 2.05) is 18.2 Å². The SMILES string of the molecule is O=C(CCS(=O)(=O)Cc1ccccc1Oc1ccccc1)Nc1ccc(F)cc1. The van der Waals surface area contributed by atoms with Crippen LogP contribution in [0.1, 0.15) is 12.0 Å². The fraction of sp³-hybridized carbons (Fsp3) is 0.136. The third-order valence-electron chi connectivity index (χ3n) is 4.09. The lowest BCUT2D eigenvalue weighted by Gasteiger charge is -2.12. The summed E-state index contributed by atoms with van der Waals surface area (Å²) in [5.74, 6) is -0.343. The van der Waals surface area contributed by atoms with Gasteiger partial charge < -0.3 is 10.1 Å². The van der Waals surface area contributed by atoms with Crippen LogP contribution in [0.4, 0.5) is 10.1 Å². The van der Waals surface area contributed by atoms with Crippen molar-refractivity contribution in [2.45, 2.75) is 12.2 Å². The molecule has 0 bridgehead atoms. The van der Waals surface area contributed by atoms with Crippen LogP contribution in [-0.4, -0.2) is 20.1 Å². The standard InChI is InChI=1S/C22H20FNO4S/c23-18-10-12-19(13-11-18)24-22(25)14-15-29(26,27)16-17-6-4-5-9-21(17)28-20-7-2-1-3-8-20/h1-13H,14-16H2,(H,24,25). The summed E-state index contributed by atoms with van der Waals surface area (Å²) in [6.45, 7) is 0. The second-order valence-corrected chi connectivity index (χ2v) is 8.60. The first-order chi connectivity index (χ1) is 13.9. The highest BCUT2D eigenvalue weighted by Gasteiger charge is 2.17. The molecule has 0 radical (unpaired) electrons. The van der Waals surface area contributed by atoms with Gasteiger partial charge in [0.1, 0.15) is 17.3 Å². The van der Waals surface area contributed by atoms with Crippen LogP contribution < -0.4 is 10.1 Å². The van der Waals surface area contributed by atoms with E-state index >= 15 is 0 Å². The molecule has 0 aliphatic rings. The minimum Gasteiger partial charge on any atom is -0.457 e. The Morgan fingerprint density at radius 2 is 1.55 bits per heavy atom. The van der Waals surface area contributed by atoms with Crippen LogP contribution in [0.25, 0.3) is 0 Å². The van der Waals surface area contributed by atoms with E-state index in [1.54, 1.807) is 36.4 Å². The number of carbonyl (C=O) groups excluding carboxylic acids is 1. The van der Waals surface area contributed by atoms with Crippen LogP contribution in [0.15, 0.2) is 78.9 Å². The Hall–Kier alpha value is -3.19. The van der Waals surface area contributed by atoms with E-state index in [0.29, 0.717) is 22.7 Å². The quantitative estimate of drug-likeness (QED) is 0.588. The molecule has 3 aromatic carbocycles. The molecule has 0 atom stereocenters. The maximum Gasteiger partial charge on any atom is 0.225 e. The first-order valence-electron chi connectivity index (χ1n) is 8.98. The number of benzene rings is 3. The molecule has 0 spiro atoms. The number of ether oxygens (including phenoxy) is 1. The molecule has 0 aromatic heterocycles. The minimum absolute atomic E-state index is 0.193. The number of sulfone groups is 1. The highest BCUT2D eigenvalue weighted by atomic mass is 32.2. The van der Waals surface area contributed by atoms with Gasteiger partial charge in [-0.05, 0) is 42.5 Å². The van der Waals surface area contributed by atoms with Gasteiger partial charge in [-0.3, -0.25) is 4.79 Å². The van der Waals surface area contributed by atoms with Gasteiger partial charge in [0.25, 0.3) is 0 Å². The smallest absolute Gasteiger partial charge is 0.225 e. The van der Waals surface area contributed by atoms with Crippen molar-refractivity contribution in [1.29, 1.82) is 0 Å². The van der Waals surface area contributed by atoms with Gasteiger partial charge in [0.2, 0.25) is 5.91 Å². The predicted octanol–water partition coefficient (Wildman–Crippen LogP) is 4.56. The first kappa shape index (κ1) is 20.5. The first-order valence-corrected chi connectivity index (χ1v) is 10.8. The van der Waals surface area contributed by atoms with E-state index in [2.05, 4.69) is 5.32 Å². The highest BCUT2D eigenvalue weighted by molar-refractivity contribution is 7.90. The van der Waals surface area contributed by atoms with Crippen molar-refractivity contribution in [2.75, 3.05) is 11.1 Å². The van der Waals surface area contributed by atoms with Crippen molar-refractivity contribution < 1.29 is 22.3 Å². The molecule has 1 N–H and O–H groups in total. The third kappa shape index (κ3) is 6.43. The van der Waals surface area contributed by atoms with Gasteiger partial charge in [-0.15, -0.1) is 0 Å². The van der Waals surface area contributed by atoms with Crippen molar-refractivity contribution in [3.05, 3.63) is 90.2 Å². The van der Waals surface area contributed by atoms with E-state index < -0.39 is 21.6 Å². The Balaban J connectivity index is 1.60. The molecular weight excluding hydrogens is 393 g/mol. The third-order valence-corrected chi connectivity index (χ3v) is 5.66. The zero-order valence-electron chi connectivity index (χ0n) is 15.5. The number of para-hydroxylation sites is 2. The molecule has 0 unspecified atom stereocenters. The summed E-state index contributed by atoms with van der Waals surface area (Å²) in [5, 5.41) is 2.55. The van der Waals surface area contributed by atoms with Crippen LogP contribution in [0.2, 0.25) is 0 Å². The van der Waals surface area contributed by atoms with E-state index in [1.165, 1.54) is 24.3 Å². The molecule has 0 heterocycles. The summed E-state index contributed by atoms with van der Waals surface area (Å²) in [4.78, 5) is 12.0. The Bertz CT molecular complexity index is 1070. The van der Waals surface area contributed by atoms with Gasteiger partial charge in [0.05, 0.1) is 11.5 Å². The summed E-state index contributed by atoms with van der Waals surface area (Å²) in [6.07, 6.45) is -0.193. The van der Waals surface area contributed by atoms with Crippen molar-refractivity contribution in [3.63, 3.8) is 0 Å². The Kier molecular flexibility index (Phi) is 6.61. The topological polar surface area (TPSA) is 72.5 Å². The molecule has 5 nitrogen and oxygen atoms in total. The Labute approximate surface area is 169 Å². The summed E-state index contributed by atoms with van der Waals surface area (Å²) >= 11 is 0. The van der Waals surface area contributed by atoms with Crippen LogP contribution >= 0.6 is 0 Å². The van der Waals surface area contributed by atoms with Crippen LogP contribution in [-0.2, 0) is 20.4 Å². The van der Waals surface area contributed by atoms with Gasteiger partial charge in [-0.25, -0.2) is 12.8 Å². The number of amides is 1. The van der Waals surface area contributed by atoms with Gasteiger partial charge in [-0.2, -0.15) is 0 Å². The maximum absolute atomic E-state index is 12.9. The molecule has 7 heteroatoms.